The summed E-state index contributed by atoms with van der Waals surface area (Å²) in [5.41, 5.74) is 2.53. The van der Waals surface area contributed by atoms with Gasteiger partial charge in [-0.05, 0) is 36.5 Å². The number of nitrogens with zero attached hydrogens (tertiary/aromatic N) is 3. The summed E-state index contributed by atoms with van der Waals surface area (Å²) in [5, 5.41) is 4.00. The Hall–Kier alpha value is -2.36. The van der Waals surface area contributed by atoms with Crippen LogP contribution in [0.3, 0.4) is 0 Å². The van der Waals surface area contributed by atoms with Gasteiger partial charge in [-0.25, -0.2) is 9.98 Å². The Labute approximate surface area is 194 Å². The number of amides is 1. The van der Waals surface area contributed by atoms with E-state index in [1.165, 1.54) is 11.1 Å². The van der Waals surface area contributed by atoms with E-state index in [1.807, 2.05) is 18.2 Å². The average Bonchev–Trinajstić information content (AvgIpc) is 3.25. The lowest BCUT2D eigenvalue weighted by molar-refractivity contribution is -0.119. The number of likely N-dealkylation sites (N-methyl/N-ethyl adjacent to an activating group) is 1. The zero-order chi connectivity index (χ0) is 22.0. The number of carbonyl (C=O) groups is 1. The SMILES string of the molecule is CN1C(=O)C(NC(=S)/N=C/C2OCCO2)N=C(c2ccccc2Cl)c2cc(Cl)ccc21. The number of rotatable bonds is 3. The Bertz CT molecular complexity index is 1090. The van der Waals surface area contributed by atoms with Gasteiger partial charge in [0.1, 0.15) is 0 Å². The number of hydrogen-bond donors (Lipinski definition) is 1. The molecule has 2 aromatic rings. The van der Waals surface area contributed by atoms with E-state index in [9.17, 15) is 4.79 Å². The molecule has 1 N–H and O–H groups in total. The summed E-state index contributed by atoms with van der Waals surface area (Å²) in [6.45, 7) is 0.990. The number of nitrogens with one attached hydrogen (secondary N) is 1. The molecule has 0 bridgehead atoms. The smallest absolute Gasteiger partial charge is 0.272 e. The fourth-order valence-electron chi connectivity index (χ4n) is 3.25. The highest BCUT2D eigenvalue weighted by Crippen LogP contribution is 2.31. The van der Waals surface area contributed by atoms with Crippen molar-refractivity contribution >= 4 is 64.1 Å². The highest BCUT2D eigenvalue weighted by atomic mass is 35.5. The van der Waals surface area contributed by atoms with Gasteiger partial charge in [-0.1, -0.05) is 41.4 Å². The van der Waals surface area contributed by atoms with E-state index in [2.05, 4.69) is 15.3 Å². The molecule has 1 saturated heterocycles. The predicted molar refractivity (Wildman–Crippen MR) is 126 cm³/mol. The summed E-state index contributed by atoms with van der Waals surface area (Å²) < 4.78 is 10.6. The molecule has 0 saturated carbocycles. The van der Waals surface area contributed by atoms with Crippen LogP contribution in [-0.4, -0.2) is 55.7 Å². The number of carbonyl (C=O) groups excluding carboxylic acids is 1. The Morgan fingerprint density at radius 3 is 2.71 bits per heavy atom. The van der Waals surface area contributed by atoms with Crippen molar-refractivity contribution in [1.82, 2.24) is 5.32 Å². The van der Waals surface area contributed by atoms with Gasteiger partial charge in [-0.15, -0.1) is 0 Å². The third-order valence-electron chi connectivity index (χ3n) is 4.75. The molecular weight excluding hydrogens is 459 g/mol. The zero-order valence-electron chi connectivity index (χ0n) is 16.4. The topological polar surface area (TPSA) is 75.5 Å². The summed E-state index contributed by atoms with van der Waals surface area (Å²) in [6, 6.07) is 12.5. The molecule has 0 aliphatic carbocycles. The average molecular weight is 477 g/mol. The minimum absolute atomic E-state index is 0.0806. The van der Waals surface area contributed by atoms with Crippen molar-refractivity contribution in [2.24, 2.45) is 9.98 Å². The van der Waals surface area contributed by atoms with E-state index in [0.717, 1.165) is 0 Å². The summed E-state index contributed by atoms with van der Waals surface area (Å²) in [6.07, 6.45) is -0.126. The molecule has 4 rings (SSSR count). The van der Waals surface area contributed by atoms with Gasteiger partial charge in [-0.3, -0.25) is 4.79 Å². The third-order valence-corrected chi connectivity index (χ3v) is 5.54. The molecule has 1 atom stereocenters. The van der Waals surface area contributed by atoms with Crippen molar-refractivity contribution in [3.8, 4) is 0 Å². The van der Waals surface area contributed by atoms with Crippen LogP contribution in [0.1, 0.15) is 11.1 Å². The van der Waals surface area contributed by atoms with Gasteiger partial charge in [-0.2, -0.15) is 0 Å². The maximum absolute atomic E-state index is 13.2. The van der Waals surface area contributed by atoms with Crippen molar-refractivity contribution in [3.63, 3.8) is 0 Å². The summed E-state index contributed by atoms with van der Waals surface area (Å²) >= 11 is 18.0. The third kappa shape index (κ3) is 4.78. The molecule has 2 aliphatic rings. The molecule has 0 radical (unpaired) electrons. The summed E-state index contributed by atoms with van der Waals surface area (Å²) in [5.74, 6) is -0.309. The Morgan fingerprint density at radius 1 is 1.23 bits per heavy atom. The van der Waals surface area contributed by atoms with E-state index < -0.39 is 12.5 Å². The number of benzene rings is 2. The maximum atomic E-state index is 13.2. The van der Waals surface area contributed by atoms with Gasteiger partial charge >= 0.3 is 0 Å². The van der Waals surface area contributed by atoms with Crippen LogP contribution >= 0.6 is 35.4 Å². The molecule has 10 heteroatoms. The first-order chi connectivity index (χ1) is 14.9. The van der Waals surface area contributed by atoms with E-state index >= 15 is 0 Å². The molecule has 1 unspecified atom stereocenters. The molecule has 0 spiro atoms. The molecule has 2 aromatic carbocycles. The maximum Gasteiger partial charge on any atom is 0.272 e. The van der Waals surface area contributed by atoms with Crippen molar-refractivity contribution in [1.29, 1.82) is 0 Å². The standard InChI is InChI=1S/C21H18Cl2N4O3S/c1-27-16-7-6-12(22)10-14(16)18(13-4-2-3-5-15(13)23)25-19(20(27)28)26-21(31)24-11-17-29-8-9-30-17/h2-7,10-11,17,19H,8-9H2,1H3,(H,26,31)/b24-11+. The summed E-state index contributed by atoms with van der Waals surface area (Å²) in [4.78, 5) is 23.5. The van der Waals surface area contributed by atoms with E-state index in [-0.39, 0.29) is 11.0 Å². The van der Waals surface area contributed by atoms with Gasteiger partial charge in [0.25, 0.3) is 5.91 Å². The second kappa shape index (κ2) is 9.42. The van der Waals surface area contributed by atoms with E-state index in [1.54, 1.807) is 31.3 Å². The number of thiocarbonyl (C=S) groups is 1. The van der Waals surface area contributed by atoms with Crippen LogP contribution in [-0.2, 0) is 14.3 Å². The van der Waals surface area contributed by atoms with E-state index in [4.69, 9.17) is 44.9 Å². The molecule has 1 amide bonds. The minimum Gasteiger partial charge on any atom is -0.345 e. The second-order valence-electron chi connectivity index (χ2n) is 6.76. The Kier molecular flexibility index (Phi) is 6.64. The number of fused-ring (bicyclic) bond motifs is 1. The minimum atomic E-state index is -1.02. The van der Waals surface area contributed by atoms with Crippen LogP contribution in [0.25, 0.3) is 0 Å². The number of benzodiazepines with no additional fused rings is 1. The molecule has 7 nitrogen and oxygen atoms in total. The molecule has 160 valence electrons. The van der Waals surface area contributed by atoms with Crippen LogP contribution in [0.5, 0.6) is 0 Å². The Morgan fingerprint density at radius 2 is 1.97 bits per heavy atom. The van der Waals surface area contributed by atoms with Gasteiger partial charge < -0.3 is 19.7 Å². The van der Waals surface area contributed by atoms with Crippen LogP contribution in [0.15, 0.2) is 52.4 Å². The normalized spacial score (nSPS) is 19.3. The lowest BCUT2D eigenvalue weighted by Crippen LogP contribution is -2.45. The number of hydrogen-bond acceptors (Lipinski definition) is 5. The monoisotopic (exact) mass is 476 g/mol. The highest BCUT2D eigenvalue weighted by molar-refractivity contribution is 7.80. The fourth-order valence-corrected chi connectivity index (χ4v) is 3.82. The number of aliphatic imine (C=N–C) groups is 2. The highest BCUT2D eigenvalue weighted by Gasteiger charge is 2.31. The van der Waals surface area contributed by atoms with Crippen LogP contribution in [0.4, 0.5) is 5.69 Å². The molecule has 0 aromatic heterocycles. The summed E-state index contributed by atoms with van der Waals surface area (Å²) in [7, 11) is 1.67. The lowest BCUT2D eigenvalue weighted by atomic mass is 10.00. The zero-order valence-corrected chi connectivity index (χ0v) is 18.7. The quantitative estimate of drug-likeness (QED) is 0.542. The van der Waals surface area contributed by atoms with Crippen LogP contribution in [0.2, 0.25) is 10.0 Å². The van der Waals surface area contributed by atoms with E-state index in [0.29, 0.717) is 45.8 Å². The van der Waals surface area contributed by atoms with Gasteiger partial charge in [0.2, 0.25) is 6.17 Å². The number of anilines is 1. The largest absolute Gasteiger partial charge is 0.345 e. The first-order valence-corrected chi connectivity index (χ1v) is 10.6. The number of ether oxygens (including phenoxy) is 2. The van der Waals surface area contributed by atoms with Crippen molar-refractivity contribution < 1.29 is 14.3 Å². The molecule has 2 aliphatic heterocycles. The van der Waals surface area contributed by atoms with Gasteiger partial charge in [0.15, 0.2) is 11.4 Å². The van der Waals surface area contributed by atoms with Crippen molar-refractivity contribution in [2.75, 3.05) is 25.2 Å². The number of halogens is 2. The lowest BCUT2D eigenvalue weighted by Gasteiger charge is -2.21. The van der Waals surface area contributed by atoms with Gasteiger partial charge in [0, 0.05) is 28.2 Å². The van der Waals surface area contributed by atoms with Crippen LogP contribution < -0.4 is 10.2 Å². The van der Waals surface area contributed by atoms with Crippen LogP contribution in [0, 0.1) is 0 Å². The van der Waals surface area contributed by atoms with Crippen molar-refractivity contribution in [2.45, 2.75) is 12.5 Å². The predicted octanol–water partition coefficient (Wildman–Crippen LogP) is 3.45. The Balaban J connectivity index is 1.73. The first-order valence-electron chi connectivity index (χ1n) is 9.42. The second-order valence-corrected chi connectivity index (χ2v) is 7.99. The van der Waals surface area contributed by atoms with Crippen molar-refractivity contribution in [3.05, 3.63) is 63.6 Å². The molecular formula is C21H18Cl2N4O3S. The molecule has 1 fully saturated rings. The molecule has 2 heterocycles. The first kappa shape index (κ1) is 21.9. The van der Waals surface area contributed by atoms with Gasteiger partial charge in [0.05, 0.1) is 30.8 Å². The molecule has 31 heavy (non-hydrogen) atoms. The fraction of sp³-hybridized carbons (Fsp3) is 0.238.